The lowest BCUT2D eigenvalue weighted by Gasteiger charge is -2.14. The van der Waals surface area contributed by atoms with Crippen LogP contribution >= 0.6 is 11.6 Å². The molecule has 0 fully saturated rings. The van der Waals surface area contributed by atoms with E-state index in [0.29, 0.717) is 19.8 Å². The van der Waals surface area contributed by atoms with Gasteiger partial charge in [-0.05, 0) is 42.0 Å². The molecule has 25 heavy (non-hydrogen) atoms. The van der Waals surface area contributed by atoms with E-state index in [9.17, 15) is 0 Å². The second-order valence-corrected chi connectivity index (χ2v) is 5.92. The van der Waals surface area contributed by atoms with E-state index < -0.39 is 0 Å². The number of benzene rings is 3. The first-order valence-electron chi connectivity index (χ1n) is 8.19. The number of rotatable bonds is 8. The molecular weight excluding hydrogens is 334 g/mol. The monoisotopic (exact) mass is 353 g/mol. The van der Waals surface area contributed by atoms with E-state index in [1.165, 1.54) is 0 Å². The van der Waals surface area contributed by atoms with Gasteiger partial charge in [0, 0.05) is 11.6 Å². The molecule has 0 aliphatic carbocycles. The maximum Gasteiger partial charge on any atom is 0.142 e. The van der Waals surface area contributed by atoms with Crippen molar-refractivity contribution >= 4 is 17.3 Å². The molecular formula is C21H20ClNO2. The molecule has 0 aromatic heterocycles. The molecule has 0 radical (unpaired) electrons. The predicted molar refractivity (Wildman–Crippen MR) is 103 cm³/mol. The third-order valence-corrected chi connectivity index (χ3v) is 3.89. The van der Waals surface area contributed by atoms with E-state index in [2.05, 4.69) is 5.32 Å². The van der Waals surface area contributed by atoms with Gasteiger partial charge in [-0.15, -0.1) is 0 Å². The Labute approximate surface area is 153 Å². The lowest BCUT2D eigenvalue weighted by molar-refractivity contribution is 0.218. The summed E-state index contributed by atoms with van der Waals surface area (Å²) in [6.45, 7) is 1.68. The summed E-state index contributed by atoms with van der Waals surface area (Å²) in [4.78, 5) is 0. The zero-order valence-corrected chi connectivity index (χ0v) is 14.6. The molecule has 3 aromatic carbocycles. The van der Waals surface area contributed by atoms with Crippen LogP contribution in [0.4, 0.5) is 5.69 Å². The highest BCUT2D eigenvalue weighted by atomic mass is 35.5. The lowest BCUT2D eigenvalue weighted by Crippen LogP contribution is -2.10. The summed E-state index contributed by atoms with van der Waals surface area (Å²) < 4.78 is 11.5. The average molecular weight is 354 g/mol. The number of hydrogen-bond acceptors (Lipinski definition) is 3. The second kappa shape index (κ2) is 9.00. The first kappa shape index (κ1) is 17.2. The van der Waals surface area contributed by atoms with Crippen molar-refractivity contribution in [2.45, 2.75) is 6.54 Å². The number of para-hydroxylation sites is 3. The molecule has 0 amide bonds. The van der Waals surface area contributed by atoms with Crippen molar-refractivity contribution in [3.8, 4) is 11.5 Å². The van der Waals surface area contributed by atoms with Crippen molar-refractivity contribution in [3.63, 3.8) is 0 Å². The minimum Gasteiger partial charge on any atom is -0.490 e. The zero-order chi connectivity index (χ0) is 17.3. The second-order valence-electron chi connectivity index (χ2n) is 5.49. The van der Waals surface area contributed by atoms with Crippen LogP contribution in [0.25, 0.3) is 0 Å². The summed E-state index contributed by atoms with van der Waals surface area (Å²) in [6.07, 6.45) is 0. The van der Waals surface area contributed by atoms with E-state index in [1.54, 1.807) is 0 Å². The summed E-state index contributed by atoms with van der Waals surface area (Å²) in [5, 5.41) is 4.14. The smallest absolute Gasteiger partial charge is 0.142 e. The number of ether oxygens (including phenoxy) is 2. The Hall–Kier alpha value is -2.65. The zero-order valence-electron chi connectivity index (χ0n) is 13.8. The topological polar surface area (TPSA) is 30.5 Å². The lowest BCUT2D eigenvalue weighted by atomic mass is 10.2. The minimum atomic E-state index is 0.481. The molecule has 0 saturated heterocycles. The van der Waals surface area contributed by atoms with Gasteiger partial charge in [-0.25, -0.2) is 0 Å². The number of halogens is 1. The summed E-state index contributed by atoms with van der Waals surface area (Å²) in [5.41, 5.74) is 2.11. The molecule has 128 valence electrons. The van der Waals surface area contributed by atoms with Gasteiger partial charge < -0.3 is 14.8 Å². The molecule has 0 heterocycles. The largest absolute Gasteiger partial charge is 0.490 e. The maximum absolute atomic E-state index is 5.92. The van der Waals surface area contributed by atoms with Gasteiger partial charge in [0.25, 0.3) is 0 Å². The molecule has 0 bridgehead atoms. The van der Waals surface area contributed by atoms with Gasteiger partial charge in [-0.3, -0.25) is 0 Å². The first-order chi connectivity index (χ1) is 12.3. The fourth-order valence-electron chi connectivity index (χ4n) is 2.37. The van der Waals surface area contributed by atoms with Crippen LogP contribution in [-0.4, -0.2) is 13.2 Å². The highest BCUT2D eigenvalue weighted by Crippen LogP contribution is 2.24. The third kappa shape index (κ3) is 5.44. The first-order valence-corrected chi connectivity index (χ1v) is 8.57. The molecule has 3 nitrogen and oxygen atoms in total. The molecule has 0 saturated carbocycles. The third-order valence-electron chi connectivity index (χ3n) is 3.64. The van der Waals surface area contributed by atoms with Gasteiger partial charge in [0.1, 0.15) is 24.7 Å². The number of anilines is 1. The van der Waals surface area contributed by atoms with E-state index in [-0.39, 0.29) is 0 Å². The van der Waals surface area contributed by atoms with Crippen molar-refractivity contribution < 1.29 is 9.47 Å². The molecule has 0 aliphatic heterocycles. The predicted octanol–water partition coefficient (Wildman–Crippen LogP) is 5.41. The number of nitrogens with one attached hydrogen (secondary N) is 1. The van der Waals surface area contributed by atoms with Gasteiger partial charge in [0.15, 0.2) is 0 Å². The summed E-state index contributed by atoms with van der Waals surface area (Å²) in [6, 6.07) is 25.4. The Morgan fingerprint density at radius 3 is 2.20 bits per heavy atom. The van der Waals surface area contributed by atoms with Crippen LogP contribution in [0.5, 0.6) is 11.5 Å². The van der Waals surface area contributed by atoms with E-state index >= 15 is 0 Å². The Bertz CT molecular complexity index is 775. The highest BCUT2D eigenvalue weighted by Gasteiger charge is 2.03. The van der Waals surface area contributed by atoms with Gasteiger partial charge in [0.2, 0.25) is 0 Å². The molecule has 0 atom stereocenters. The van der Waals surface area contributed by atoms with Crippen molar-refractivity contribution in [2.24, 2.45) is 0 Å². The van der Waals surface area contributed by atoms with E-state index in [1.807, 2.05) is 78.9 Å². The summed E-state index contributed by atoms with van der Waals surface area (Å²) >= 11 is 5.92. The van der Waals surface area contributed by atoms with Crippen LogP contribution in [-0.2, 0) is 6.54 Å². The fraction of sp³-hybridized carbons (Fsp3) is 0.143. The highest BCUT2D eigenvalue weighted by molar-refractivity contribution is 6.30. The Morgan fingerprint density at radius 2 is 1.40 bits per heavy atom. The van der Waals surface area contributed by atoms with Crippen molar-refractivity contribution in [2.75, 3.05) is 18.5 Å². The summed E-state index contributed by atoms with van der Waals surface area (Å²) in [5.74, 6) is 1.66. The SMILES string of the molecule is Clc1ccc(CNc2ccccc2OCCOc2ccccc2)cc1. The van der Waals surface area contributed by atoms with Crippen molar-refractivity contribution in [1.29, 1.82) is 0 Å². The molecule has 0 unspecified atom stereocenters. The van der Waals surface area contributed by atoms with Crippen LogP contribution in [0, 0.1) is 0 Å². The standard InChI is InChI=1S/C21H20ClNO2/c22-18-12-10-17(11-13-18)16-23-20-8-4-5-9-21(20)25-15-14-24-19-6-2-1-3-7-19/h1-13,23H,14-16H2. The average Bonchev–Trinajstić information content (AvgIpc) is 2.66. The maximum atomic E-state index is 5.92. The van der Waals surface area contributed by atoms with Gasteiger partial charge >= 0.3 is 0 Å². The van der Waals surface area contributed by atoms with Crippen LogP contribution in [0.2, 0.25) is 5.02 Å². The van der Waals surface area contributed by atoms with Crippen LogP contribution in [0.15, 0.2) is 78.9 Å². The van der Waals surface area contributed by atoms with Gasteiger partial charge in [-0.1, -0.05) is 54.1 Å². The molecule has 3 aromatic rings. The molecule has 0 aliphatic rings. The fourth-order valence-corrected chi connectivity index (χ4v) is 2.49. The van der Waals surface area contributed by atoms with Crippen LogP contribution in [0.1, 0.15) is 5.56 Å². The quantitative estimate of drug-likeness (QED) is 0.549. The molecule has 0 spiro atoms. The Balaban J connectivity index is 1.51. The van der Waals surface area contributed by atoms with Crippen LogP contribution < -0.4 is 14.8 Å². The van der Waals surface area contributed by atoms with Crippen molar-refractivity contribution in [3.05, 3.63) is 89.4 Å². The summed E-state index contributed by atoms with van der Waals surface area (Å²) in [7, 11) is 0. The minimum absolute atomic E-state index is 0.481. The molecule has 4 heteroatoms. The van der Waals surface area contributed by atoms with Crippen LogP contribution in [0.3, 0.4) is 0 Å². The van der Waals surface area contributed by atoms with Gasteiger partial charge in [0.05, 0.1) is 5.69 Å². The Morgan fingerprint density at radius 1 is 0.720 bits per heavy atom. The molecule has 3 rings (SSSR count). The Kier molecular flexibility index (Phi) is 6.18. The van der Waals surface area contributed by atoms with E-state index in [4.69, 9.17) is 21.1 Å². The number of hydrogen-bond donors (Lipinski definition) is 1. The molecule has 1 N–H and O–H groups in total. The van der Waals surface area contributed by atoms with Gasteiger partial charge in [-0.2, -0.15) is 0 Å². The van der Waals surface area contributed by atoms with E-state index in [0.717, 1.165) is 27.8 Å². The van der Waals surface area contributed by atoms with Crippen molar-refractivity contribution in [1.82, 2.24) is 0 Å². The normalized spacial score (nSPS) is 10.3.